The van der Waals surface area contributed by atoms with Gasteiger partial charge in [0.05, 0.1) is 0 Å². The van der Waals surface area contributed by atoms with Crippen LogP contribution < -0.4 is 5.73 Å². The maximum Gasteiger partial charge on any atom is 0.190 e. The lowest BCUT2D eigenvalue weighted by molar-refractivity contribution is 0.0900. The van der Waals surface area contributed by atoms with Crippen LogP contribution in [0, 0.1) is 5.41 Å². The monoisotopic (exact) mass is 179 g/mol. The van der Waals surface area contributed by atoms with E-state index in [0.717, 1.165) is 12.8 Å². The molecule has 4 nitrogen and oxygen atoms in total. The van der Waals surface area contributed by atoms with E-state index in [1.54, 1.807) is 24.0 Å². The highest BCUT2D eigenvalue weighted by molar-refractivity contribution is 6.00. The molecule has 1 aliphatic carbocycles. The van der Waals surface area contributed by atoms with Gasteiger partial charge in [-0.2, -0.15) is 5.10 Å². The standard InChI is InChI=1S/C9H13N3O/c1-12-5-2-7(11-12)8(13)9(6-10)3-4-9/h2,5H,3-4,6,10H2,1H3. The van der Waals surface area contributed by atoms with Crippen LogP contribution >= 0.6 is 0 Å². The minimum absolute atomic E-state index is 0.107. The summed E-state index contributed by atoms with van der Waals surface area (Å²) in [6.07, 6.45) is 3.61. The van der Waals surface area contributed by atoms with Crippen LogP contribution in [-0.4, -0.2) is 22.1 Å². The topological polar surface area (TPSA) is 60.9 Å². The van der Waals surface area contributed by atoms with Crippen LogP contribution in [-0.2, 0) is 7.05 Å². The first-order chi connectivity index (χ1) is 6.18. The fraction of sp³-hybridized carbons (Fsp3) is 0.556. The lowest BCUT2D eigenvalue weighted by atomic mass is 9.99. The van der Waals surface area contributed by atoms with E-state index in [1.165, 1.54) is 0 Å². The third kappa shape index (κ3) is 1.27. The predicted octanol–water partition coefficient (Wildman–Crippen LogP) is 0.342. The second-order valence-electron chi connectivity index (χ2n) is 3.69. The zero-order valence-corrected chi connectivity index (χ0v) is 7.66. The third-order valence-corrected chi connectivity index (χ3v) is 2.67. The SMILES string of the molecule is Cn1ccc(C(=O)C2(CN)CC2)n1. The number of aryl methyl sites for hydroxylation is 1. The molecule has 0 bridgehead atoms. The summed E-state index contributed by atoms with van der Waals surface area (Å²) in [5.74, 6) is 0.107. The maximum atomic E-state index is 11.8. The van der Waals surface area contributed by atoms with Crippen molar-refractivity contribution in [2.75, 3.05) is 6.54 Å². The summed E-state index contributed by atoms with van der Waals surface area (Å²) in [6.45, 7) is 0.447. The molecule has 1 aromatic heterocycles. The molecule has 1 aromatic rings. The number of nitrogens with zero attached hydrogens (tertiary/aromatic N) is 2. The molecule has 0 unspecified atom stereocenters. The van der Waals surface area contributed by atoms with Gasteiger partial charge in [0.25, 0.3) is 0 Å². The highest BCUT2D eigenvalue weighted by Gasteiger charge is 2.49. The molecular formula is C9H13N3O. The normalized spacial score (nSPS) is 18.6. The Hall–Kier alpha value is -1.16. The van der Waals surface area contributed by atoms with Crippen LogP contribution in [0.25, 0.3) is 0 Å². The van der Waals surface area contributed by atoms with Crippen LogP contribution in [0.15, 0.2) is 12.3 Å². The van der Waals surface area contributed by atoms with E-state index in [4.69, 9.17) is 5.73 Å². The maximum absolute atomic E-state index is 11.8. The summed E-state index contributed by atoms with van der Waals surface area (Å²) in [6, 6.07) is 1.75. The van der Waals surface area contributed by atoms with Crippen molar-refractivity contribution in [1.82, 2.24) is 9.78 Å². The zero-order chi connectivity index (χ0) is 9.47. The number of hydrogen-bond donors (Lipinski definition) is 1. The number of Topliss-reactive ketones (excluding diaryl/α,β-unsaturated/α-hetero) is 1. The molecule has 0 aliphatic heterocycles. The average Bonchev–Trinajstić information content (AvgIpc) is 2.82. The number of carbonyl (C=O) groups is 1. The molecule has 13 heavy (non-hydrogen) atoms. The van der Waals surface area contributed by atoms with Crippen molar-refractivity contribution >= 4 is 5.78 Å². The van der Waals surface area contributed by atoms with Gasteiger partial charge in [0, 0.05) is 25.2 Å². The zero-order valence-electron chi connectivity index (χ0n) is 7.66. The van der Waals surface area contributed by atoms with E-state index in [2.05, 4.69) is 5.10 Å². The Morgan fingerprint density at radius 1 is 1.77 bits per heavy atom. The molecular weight excluding hydrogens is 166 g/mol. The molecule has 1 aliphatic rings. The molecule has 0 amide bonds. The van der Waals surface area contributed by atoms with Gasteiger partial charge in [0.15, 0.2) is 5.78 Å². The molecule has 0 atom stereocenters. The molecule has 2 rings (SSSR count). The first-order valence-electron chi connectivity index (χ1n) is 4.42. The Morgan fingerprint density at radius 3 is 2.85 bits per heavy atom. The van der Waals surface area contributed by atoms with Crippen LogP contribution in [0.2, 0.25) is 0 Å². The number of rotatable bonds is 3. The van der Waals surface area contributed by atoms with Gasteiger partial charge in [-0.3, -0.25) is 9.48 Å². The molecule has 1 heterocycles. The highest BCUT2D eigenvalue weighted by atomic mass is 16.1. The smallest absolute Gasteiger partial charge is 0.190 e. The number of carbonyl (C=O) groups excluding carboxylic acids is 1. The van der Waals surface area contributed by atoms with Crippen molar-refractivity contribution in [3.63, 3.8) is 0 Å². The average molecular weight is 179 g/mol. The quantitative estimate of drug-likeness (QED) is 0.681. The van der Waals surface area contributed by atoms with Crippen molar-refractivity contribution in [3.05, 3.63) is 18.0 Å². The Kier molecular flexibility index (Phi) is 1.73. The van der Waals surface area contributed by atoms with Crippen molar-refractivity contribution in [1.29, 1.82) is 0 Å². The molecule has 1 saturated carbocycles. The van der Waals surface area contributed by atoms with Crippen molar-refractivity contribution in [3.8, 4) is 0 Å². The number of hydrogen-bond acceptors (Lipinski definition) is 3. The summed E-state index contributed by atoms with van der Waals surface area (Å²) < 4.78 is 1.64. The lowest BCUT2D eigenvalue weighted by Crippen LogP contribution is -2.25. The second-order valence-corrected chi connectivity index (χ2v) is 3.69. The first kappa shape index (κ1) is 8.44. The van der Waals surface area contributed by atoms with Gasteiger partial charge in [-0.15, -0.1) is 0 Å². The Balaban J connectivity index is 2.23. The third-order valence-electron chi connectivity index (χ3n) is 2.67. The van der Waals surface area contributed by atoms with Gasteiger partial charge in [-0.25, -0.2) is 0 Å². The number of aromatic nitrogens is 2. The van der Waals surface area contributed by atoms with Crippen LogP contribution in [0.4, 0.5) is 0 Å². The largest absolute Gasteiger partial charge is 0.329 e. The van der Waals surface area contributed by atoms with Crippen molar-refractivity contribution in [2.24, 2.45) is 18.2 Å². The van der Waals surface area contributed by atoms with Gasteiger partial charge in [-0.05, 0) is 18.9 Å². The molecule has 0 aromatic carbocycles. The van der Waals surface area contributed by atoms with E-state index in [1.807, 2.05) is 0 Å². The van der Waals surface area contributed by atoms with Crippen LogP contribution in [0.5, 0.6) is 0 Å². The minimum Gasteiger partial charge on any atom is -0.329 e. The Labute approximate surface area is 76.7 Å². The lowest BCUT2D eigenvalue weighted by Gasteiger charge is -2.07. The Morgan fingerprint density at radius 2 is 2.46 bits per heavy atom. The predicted molar refractivity (Wildman–Crippen MR) is 48.3 cm³/mol. The summed E-state index contributed by atoms with van der Waals surface area (Å²) in [5.41, 5.74) is 5.84. The minimum atomic E-state index is -0.269. The van der Waals surface area contributed by atoms with E-state index >= 15 is 0 Å². The van der Waals surface area contributed by atoms with Crippen molar-refractivity contribution in [2.45, 2.75) is 12.8 Å². The van der Waals surface area contributed by atoms with Gasteiger partial charge < -0.3 is 5.73 Å². The summed E-state index contributed by atoms with van der Waals surface area (Å²) in [7, 11) is 1.80. The molecule has 0 saturated heterocycles. The van der Waals surface area contributed by atoms with E-state index in [0.29, 0.717) is 12.2 Å². The molecule has 2 N–H and O–H groups in total. The van der Waals surface area contributed by atoms with Gasteiger partial charge >= 0.3 is 0 Å². The van der Waals surface area contributed by atoms with E-state index in [9.17, 15) is 4.79 Å². The van der Waals surface area contributed by atoms with Crippen LogP contribution in [0.1, 0.15) is 23.3 Å². The van der Waals surface area contributed by atoms with Gasteiger partial charge in [-0.1, -0.05) is 0 Å². The Bertz CT molecular complexity index is 338. The first-order valence-corrected chi connectivity index (χ1v) is 4.42. The van der Waals surface area contributed by atoms with E-state index < -0.39 is 0 Å². The van der Waals surface area contributed by atoms with Gasteiger partial charge in [0.1, 0.15) is 5.69 Å². The summed E-state index contributed by atoms with van der Waals surface area (Å²) >= 11 is 0. The molecule has 70 valence electrons. The summed E-state index contributed by atoms with van der Waals surface area (Å²) in [4.78, 5) is 11.8. The molecule has 1 fully saturated rings. The molecule has 4 heteroatoms. The van der Waals surface area contributed by atoms with Gasteiger partial charge in [0.2, 0.25) is 0 Å². The number of ketones is 1. The summed E-state index contributed by atoms with van der Waals surface area (Å²) in [5, 5.41) is 4.08. The molecule has 0 radical (unpaired) electrons. The van der Waals surface area contributed by atoms with Crippen molar-refractivity contribution < 1.29 is 4.79 Å². The molecule has 0 spiro atoms. The fourth-order valence-electron chi connectivity index (χ4n) is 1.48. The second kappa shape index (κ2) is 2.67. The number of nitrogens with two attached hydrogens (primary N) is 1. The van der Waals surface area contributed by atoms with Crippen LogP contribution in [0.3, 0.4) is 0 Å². The highest BCUT2D eigenvalue weighted by Crippen LogP contribution is 2.46. The van der Waals surface area contributed by atoms with E-state index in [-0.39, 0.29) is 11.2 Å². The fourth-order valence-corrected chi connectivity index (χ4v) is 1.48.